The molecule has 0 unspecified atom stereocenters. The first kappa shape index (κ1) is 10.5. The lowest BCUT2D eigenvalue weighted by molar-refractivity contribution is -0.136. The van der Waals surface area contributed by atoms with Crippen LogP contribution in [0.25, 0.3) is 0 Å². The second-order valence-electron chi connectivity index (χ2n) is 3.32. The molecular weight excluding hydrogens is 219 g/mol. The number of rotatable bonds is 3. The summed E-state index contributed by atoms with van der Waals surface area (Å²) in [5.74, 6) is -2.05. The first-order valence-electron chi connectivity index (χ1n) is 4.61. The Balaban J connectivity index is 2.38. The van der Waals surface area contributed by atoms with Crippen LogP contribution in [0.3, 0.4) is 0 Å². The molecule has 2 N–H and O–H groups in total. The van der Waals surface area contributed by atoms with Crippen LogP contribution in [0.5, 0.6) is 17.2 Å². The van der Waals surface area contributed by atoms with Crippen molar-refractivity contribution in [1.29, 1.82) is 0 Å². The zero-order valence-corrected chi connectivity index (χ0v) is 8.20. The molecule has 0 atom stereocenters. The summed E-state index contributed by atoms with van der Waals surface area (Å²) in [4.78, 5) is 10.4. The predicted octanol–water partition coefficient (Wildman–Crippen LogP) is 1.28. The molecule has 1 heterocycles. The van der Waals surface area contributed by atoms with E-state index in [1.54, 1.807) is 0 Å². The Morgan fingerprint density at radius 3 is 2.94 bits per heavy atom. The molecule has 1 aliphatic rings. The maximum Gasteiger partial charge on any atom is 0.303 e. The molecule has 1 aliphatic heterocycles. The molecule has 0 amide bonds. The average Bonchev–Trinajstić information content (AvgIpc) is 2.65. The van der Waals surface area contributed by atoms with Crippen molar-refractivity contribution < 1.29 is 28.9 Å². The van der Waals surface area contributed by atoms with E-state index in [4.69, 9.17) is 14.6 Å². The molecule has 0 aliphatic carbocycles. The zero-order chi connectivity index (χ0) is 11.7. The van der Waals surface area contributed by atoms with Gasteiger partial charge in [0.05, 0.1) is 0 Å². The maximum atomic E-state index is 13.5. The van der Waals surface area contributed by atoms with Crippen LogP contribution in [0.15, 0.2) is 6.07 Å². The molecular formula is C10H9FO5. The topological polar surface area (TPSA) is 76.0 Å². The average molecular weight is 228 g/mol. The first-order chi connectivity index (χ1) is 7.59. The van der Waals surface area contributed by atoms with Gasteiger partial charge in [0.25, 0.3) is 0 Å². The van der Waals surface area contributed by atoms with E-state index in [9.17, 15) is 14.3 Å². The molecule has 0 fully saturated rings. The van der Waals surface area contributed by atoms with Crippen LogP contribution in [0.1, 0.15) is 12.0 Å². The van der Waals surface area contributed by atoms with Gasteiger partial charge in [-0.05, 0) is 6.42 Å². The van der Waals surface area contributed by atoms with E-state index >= 15 is 0 Å². The maximum absolute atomic E-state index is 13.5. The van der Waals surface area contributed by atoms with Crippen molar-refractivity contribution in [2.45, 2.75) is 12.8 Å². The SMILES string of the molecule is O=C(O)CCc1c(F)c(O)cc2c1OCO2. The number of benzene rings is 1. The summed E-state index contributed by atoms with van der Waals surface area (Å²) < 4.78 is 23.5. The molecule has 1 aromatic carbocycles. The first-order valence-corrected chi connectivity index (χ1v) is 4.61. The van der Waals surface area contributed by atoms with E-state index in [1.165, 1.54) is 0 Å². The largest absolute Gasteiger partial charge is 0.505 e. The molecule has 6 heteroatoms. The molecule has 1 aromatic rings. The summed E-state index contributed by atoms with van der Waals surface area (Å²) in [6.45, 7) is -0.0572. The van der Waals surface area contributed by atoms with Crippen molar-refractivity contribution in [3.8, 4) is 17.2 Å². The van der Waals surface area contributed by atoms with Gasteiger partial charge in [-0.3, -0.25) is 4.79 Å². The highest BCUT2D eigenvalue weighted by Gasteiger charge is 2.24. The van der Waals surface area contributed by atoms with Crippen molar-refractivity contribution in [3.05, 3.63) is 17.4 Å². The number of halogens is 1. The predicted molar refractivity (Wildman–Crippen MR) is 50.1 cm³/mol. The van der Waals surface area contributed by atoms with Crippen molar-refractivity contribution in [2.24, 2.45) is 0 Å². The summed E-state index contributed by atoms with van der Waals surface area (Å²) in [7, 11) is 0. The summed E-state index contributed by atoms with van der Waals surface area (Å²) >= 11 is 0. The molecule has 0 spiro atoms. The molecule has 16 heavy (non-hydrogen) atoms. The second kappa shape index (κ2) is 3.88. The Hall–Kier alpha value is -1.98. The zero-order valence-electron chi connectivity index (χ0n) is 8.20. The fourth-order valence-corrected chi connectivity index (χ4v) is 1.53. The number of ether oxygens (including phenoxy) is 2. The van der Waals surface area contributed by atoms with Crippen LogP contribution in [0.4, 0.5) is 4.39 Å². The number of aromatic hydroxyl groups is 1. The summed E-state index contributed by atoms with van der Waals surface area (Å²) in [6, 6.07) is 1.11. The van der Waals surface area contributed by atoms with Crippen molar-refractivity contribution in [1.82, 2.24) is 0 Å². The van der Waals surface area contributed by atoms with Gasteiger partial charge in [-0.2, -0.15) is 0 Å². The molecule has 0 radical (unpaired) electrons. The Kier molecular flexibility index (Phi) is 2.55. The number of hydrogen-bond acceptors (Lipinski definition) is 4. The normalized spacial score (nSPS) is 12.8. The van der Waals surface area contributed by atoms with Gasteiger partial charge < -0.3 is 19.7 Å². The van der Waals surface area contributed by atoms with Gasteiger partial charge in [0.2, 0.25) is 6.79 Å². The molecule has 0 bridgehead atoms. The minimum Gasteiger partial charge on any atom is -0.505 e. The molecule has 2 rings (SSSR count). The van der Waals surface area contributed by atoms with Crippen LogP contribution in [0.2, 0.25) is 0 Å². The molecule has 0 saturated carbocycles. The lowest BCUT2D eigenvalue weighted by Crippen LogP contribution is -2.01. The number of aliphatic carboxylic acids is 1. The highest BCUT2D eigenvalue weighted by molar-refractivity contribution is 5.67. The third-order valence-electron chi connectivity index (χ3n) is 2.26. The highest BCUT2D eigenvalue weighted by Crippen LogP contribution is 2.41. The van der Waals surface area contributed by atoms with E-state index < -0.39 is 17.5 Å². The van der Waals surface area contributed by atoms with Gasteiger partial charge in [-0.25, -0.2) is 4.39 Å². The number of fused-ring (bicyclic) bond motifs is 1. The third kappa shape index (κ3) is 1.73. The summed E-state index contributed by atoms with van der Waals surface area (Å²) in [5, 5.41) is 17.8. The number of phenols is 1. The van der Waals surface area contributed by atoms with Gasteiger partial charge >= 0.3 is 5.97 Å². The van der Waals surface area contributed by atoms with Gasteiger partial charge in [-0.15, -0.1) is 0 Å². The molecule has 86 valence electrons. The van der Waals surface area contributed by atoms with Gasteiger partial charge in [0.15, 0.2) is 23.1 Å². The van der Waals surface area contributed by atoms with Crippen LogP contribution in [-0.4, -0.2) is 23.0 Å². The third-order valence-corrected chi connectivity index (χ3v) is 2.26. The van der Waals surface area contributed by atoms with Crippen LogP contribution >= 0.6 is 0 Å². The minimum atomic E-state index is -1.05. The van der Waals surface area contributed by atoms with Gasteiger partial charge in [0, 0.05) is 18.1 Å². The second-order valence-corrected chi connectivity index (χ2v) is 3.32. The van der Waals surface area contributed by atoms with E-state index in [2.05, 4.69) is 0 Å². The number of carboxylic acid groups (broad SMARTS) is 1. The fraction of sp³-hybridized carbons (Fsp3) is 0.300. The lowest BCUT2D eigenvalue weighted by atomic mass is 10.1. The standard InChI is InChI=1S/C10H9FO5/c11-9-5(1-2-8(13)14)10-7(3-6(9)12)15-4-16-10/h3,12H,1-2,4H2,(H,13,14). The Bertz CT molecular complexity index is 443. The minimum absolute atomic E-state index is 0.0369. The van der Waals surface area contributed by atoms with Crippen LogP contribution < -0.4 is 9.47 Å². The molecule has 0 aromatic heterocycles. The Morgan fingerprint density at radius 2 is 2.25 bits per heavy atom. The number of hydrogen-bond donors (Lipinski definition) is 2. The van der Waals surface area contributed by atoms with Crippen molar-refractivity contribution >= 4 is 5.97 Å². The van der Waals surface area contributed by atoms with E-state index in [0.29, 0.717) is 0 Å². The fourth-order valence-electron chi connectivity index (χ4n) is 1.53. The lowest BCUT2D eigenvalue weighted by Gasteiger charge is -2.07. The monoisotopic (exact) mass is 228 g/mol. The van der Waals surface area contributed by atoms with Crippen molar-refractivity contribution in [3.63, 3.8) is 0 Å². The van der Waals surface area contributed by atoms with Crippen LogP contribution in [0, 0.1) is 5.82 Å². The summed E-state index contributed by atoms with van der Waals surface area (Å²) in [6.07, 6.45) is -0.294. The van der Waals surface area contributed by atoms with E-state index in [0.717, 1.165) is 6.07 Å². The Labute approximate surface area is 90.0 Å². The van der Waals surface area contributed by atoms with E-state index in [1.807, 2.05) is 0 Å². The number of carbonyl (C=O) groups is 1. The smallest absolute Gasteiger partial charge is 0.303 e. The summed E-state index contributed by atoms with van der Waals surface area (Å²) in [5.41, 5.74) is 0.0369. The van der Waals surface area contributed by atoms with Crippen molar-refractivity contribution in [2.75, 3.05) is 6.79 Å². The molecule has 5 nitrogen and oxygen atoms in total. The number of carboxylic acids is 1. The van der Waals surface area contributed by atoms with Crippen LogP contribution in [-0.2, 0) is 11.2 Å². The van der Waals surface area contributed by atoms with Gasteiger partial charge in [0.1, 0.15) is 0 Å². The van der Waals surface area contributed by atoms with E-state index in [-0.39, 0.29) is 36.7 Å². The number of phenolic OH excluding ortho intramolecular Hbond substituents is 1. The quantitative estimate of drug-likeness (QED) is 0.814. The Morgan fingerprint density at radius 1 is 1.50 bits per heavy atom. The van der Waals surface area contributed by atoms with Gasteiger partial charge in [-0.1, -0.05) is 0 Å². The molecule has 0 saturated heterocycles. The highest BCUT2D eigenvalue weighted by atomic mass is 19.1.